The molecule has 1 atom stereocenters. The molecule has 0 radical (unpaired) electrons. The maximum atomic E-state index is 13.7. The summed E-state index contributed by atoms with van der Waals surface area (Å²) in [5, 5.41) is 9.40. The first kappa shape index (κ1) is 60.8. The topological polar surface area (TPSA) is 202 Å². The van der Waals surface area contributed by atoms with Crippen LogP contribution in [0.3, 0.4) is 0 Å². The average molecular weight is 1100 g/mol. The summed E-state index contributed by atoms with van der Waals surface area (Å²) in [4.78, 5) is 63.7. The van der Waals surface area contributed by atoms with Gasteiger partial charge in [0, 0.05) is 6.08 Å². The molecule has 422 valence electrons. The van der Waals surface area contributed by atoms with Gasteiger partial charge in [-0.25, -0.2) is 24.0 Å². The zero-order valence-corrected chi connectivity index (χ0v) is 45.1. The quantitative estimate of drug-likeness (QED) is 0.00963. The van der Waals surface area contributed by atoms with Gasteiger partial charge in [0.15, 0.2) is 6.29 Å². The summed E-state index contributed by atoms with van der Waals surface area (Å²) >= 11 is 0. The van der Waals surface area contributed by atoms with Crippen LogP contribution in [0, 0.1) is 0 Å². The van der Waals surface area contributed by atoms with E-state index < -0.39 is 36.1 Å². The molecule has 0 fully saturated rings. The zero-order valence-electron chi connectivity index (χ0n) is 45.1. The van der Waals surface area contributed by atoms with Crippen molar-refractivity contribution >= 4 is 29.8 Å². The second kappa shape index (κ2) is 34.4. The minimum atomic E-state index is -0.951. The number of ether oxygens (including phenoxy) is 9. The summed E-state index contributed by atoms with van der Waals surface area (Å²) in [6.07, 6.45) is 14.9. The van der Waals surface area contributed by atoms with Gasteiger partial charge in [0.25, 0.3) is 0 Å². The lowest BCUT2D eigenvalue weighted by Gasteiger charge is -2.13. The maximum absolute atomic E-state index is 13.7. The summed E-state index contributed by atoms with van der Waals surface area (Å²) in [7, 11) is 0. The number of aliphatic hydroxyl groups is 1. The molecule has 0 amide bonds. The van der Waals surface area contributed by atoms with Crippen molar-refractivity contribution in [3.05, 3.63) is 181 Å². The van der Waals surface area contributed by atoms with E-state index in [9.17, 15) is 29.1 Å². The zero-order chi connectivity index (χ0) is 56.6. The fourth-order valence-corrected chi connectivity index (χ4v) is 7.87. The molecular weight excluding hydrogens is 1020 g/mol. The number of carbonyl (C=O) groups is 5. The predicted molar refractivity (Wildman–Crippen MR) is 300 cm³/mol. The molecule has 1 heterocycles. The second-order valence-electron chi connectivity index (χ2n) is 18.4. The molecule has 1 aromatic heterocycles. The Morgan fingerprint density at radius 1 is 0.450 bits per heavy atom. The molecular formula is C64H70O16. The number of furan rings is 1. The number of hydrogen-bond donors (Lipinski definition) is 1. The predicted octanol–water partition coefficient (Wildman–Crippen LogP) is 13.3. The molecule has 16 heteroatoms. The number of esters is 5. The largest absolute Gasteiger partial charge is 0.494 e. The molecule has 5 aromatic carbocycles. The highest BCUT2D eigenvalue weighted by Gasteiger charge is 2.21. The third-order valence-electron chi connectivity index (χ3n) is 12.3. The number of benzene rings is 5. The van der Waals surface area contributed by atoms with Gasteiger partial charge in [-0.3, -0.25) is 0 Å². The average Bonchev–Trinajstić information content (AvgIpc) is 4.05. The lowest BCUT2D eigenvalue weighted by molar-refractivity contribution is -0.137. The molecule has 0 aliphatic rings. The van der Waals surface area contributed by atoms with E-state index in [2.05, 4.69) is 13.2 Å². The van der Waals surface area contributed by atoms with Crippen LogP contribution in [0.5, 0.6) is 34.5 Å². The van der Waals surface area contributed by atoms with Crippen LogP contribution in [0.25, 0.3) is 11.1 Å². The van der Waals surface area contributed by atoms with Crippen molar-refractivity contribution in [2.24, 2.45) is 0 Å². The minimum absolute atomic E-state index is 0.0409. The Balaban J connectivity index is 0.933. The molecule has 0 aliphatic heterocycles. The van der Waals surface area contributed by atoms with E-state index in [1.807, 2.05) is 36.4 Å². The van der Waals surface area contributed by atoms with Crippen LogP contribution in [0.15, 0.2) is 163 Å². The number of rotatable bonds is 37. The Labute approximate surface area is 467 Å². The van der Waals surface area contributed by atoms with Gasteiger partial charge >= 0.3 is 29.8 Å². The maximum Gasteiger partial charge on any atom is 0.379 e. The number of hydrogen-bond acceptors (Lipinski definition) is 16. The van der Waals surface area contributed by atoms with E-state index in [4.69, 9.17) is 47.0 Å². The summed E-state index contributed by atoms with van der Waals surface area (Å²) in [5.74, 6) is -0.682. The van der Waals surface area contributed by atoms with Gasteiger partial charge in [0.1, 0.15) is 40.1 Å². The minimum Gasteiger partial charge on any atom is -0.494 e. The lowest BCUT2D eigenvalue weighted by Crippen LogP contribution is -2.14. The lowest BCUT2D eigenvalue weighted by atomic mass is 10.1. The summed E-state index contributed by atoms with van der Waals surface area (Å²) in [5.41, 5.74) is 2.33. The summed E-state index contributed by atoms with van der Waals surface area (Å²) < 4.78 is 55.4. The Morgan fingerprint density at radius 2 is 0.887 bits per heavy atom. The SMILES string of the molecule is C=CC(=O)OCCCCCCOc1ccc(C(=O)Oc2ccc(OC(=O)c3ccc(OCCCCCCOC(O)C=C)cc3)c(C(=O)OCCCCCCCCOc3ccc(-c4ccc(OC(=O)c5ccco5)cc4)cc3)c2)cc1. The van der Waals surface area contributed by atoms with Gasteiger partial charge in [-0.05, 0) is 178 Å². The third kappa shape index (κ3) is 21.7. The van der Waals surface area contributed by atoms with E-state index >= 15 is 0 Å². The van der Waals surface area contributed by atoms with Crippen LogP contribution in [0.1, 0.15) is 132 Å². The highest BCUT2D eigenvalue weighted by Crippen LogP contribution is 2.29. The third-order valence-corrected chi connectivity index (χ3v) is 12.3. The standard InChI is InChI=1S/C64H70O16/c1-3-59(65)75-42-16-11-9-14-40-72-52-31-25-49(26-32-52)61(67)79-55-37-38-57(80-62(68)50-27-33-53(34-28-50)73-41-15-10-12-17-43-76-60(66)4-2)56(46-55)63(69)77-44-18-8-6-5-7-13-39-71-51-29-21-47(22-30-51)48-23-35-54(36-24-48)78-64(70)58-20-19-45-74-58/h3-4,19-38,45-46,60,66H,1-2,5-18,39-44H2. The van der Waals surface area contributed by atoms with E-state index in [-0.39, 0.29) is 40.6 Å². The summed E-state index contributed by atoms with van der Waals surface area (Å²) in [6.45, 7) is 9.30. The Bertz CT molecular complexity index is 2840. The van der Waals surface area contributed by atoms with Crippen LogP contribution >= 0.6 is 0 Å². The summed E-state index contributed by atoms with van der Waals surface area (Å²) in [6, 6.07) is 35.3. The number of carbonyl (C=O) groups excluding carboxylic acids is 5. The molecule has 80 heavy (non-hydrogen) atoms. The van der Waals surface area contributed by atoms with Crippen molar-refractivity contribution in [1.29, 1.82) is 0 Å². The second-order valence-corrected chi connectivity index (χ2v) is 18.4. The van der Waals surface area contributed by atoms with Gasteiger partial charge in [-0.1, -0.05) is 69.5 Å². The molecule has 0 saturated heterocycles. The van der Waals surface area contributed by atoms with Crippen LogP contribution in [0.2, 0.25) is 0 Å². The van der Waals surface area contributed by atoms with E-state index in [1.165, 1.54) is 30.5 Å². The first-order valence-corrected chi connectivity index (χ1v) is 27.1. The molecule has 6 rings (SSSR count). The molecule has 0 saturated carbocycles. The molecule has 6 aromatic rings. The molecule has 0 spiro atoms. The first-order valence-electron chi connectivity index (χ1n) is 27.1. The monoisotopic (exact) mass is 1090 g/mol. The highest BCUT2D eigenvalue weighted by molar-refractivity contribution is 5.97. The fourth-order valence-electron chi connectivity index (χ4n) is 7.87. The number of aliphatic hydroxyl groups excluding tert-OH is 1. The van der Waals surface area contributed by atoms with E-state index in [1.54, 1.807) is 72.8 Å². The smallest absolute Gasteiger partial charge is 0.379 e. The van der Waals surface area contributed by atoms with Gasteiger partial charge < -0.3 is 52.2 Å². The van der Waals surface area contributed by atoms with Crippen molar-refractivity contribution in [2.75, 3.05) is 39.6 Å². The fraction of sp³-hybridized carbons (Fsp3) is 0.328. The number of unbranched alkanes of at least 4 members (excludes halogenated alkanes) is 11. The van der Waals surface area contributed by atoms with E-state index in [0.717, 1.165) is 106 Å². The van der Waals surface area contributed by atoms with Crippen LogP contribution in [0.4, 0.5) is 0 Å². The van der Waals surface area contributed by atoms with Crippen LogP contribution < -0.4 is 28.4 Å². The Hall–Kier alpha value is -8.47. The van der Waals surface area contributed by atoms with Crippen molar-refractivity contribution < 1.29 is 76.1 Å². The van der Waals surface area contributed by atoms with Crippen LogP contribution in [-0.2, 0) is 19.0 Å². The van der Waals surface area contributed by atoms with E-state index in [0.29, 0.717) is 56.7 Å². The molecule has 0 bridgehead atoms. The van der Waals surface area contributed by atoms with Gasteiger partial charge in [0.2, 0.25) is 5.76 Å². The van der Waals surface area contributed by atoms with Crippen molar-refractivity contribution in [3.63, 3.8) is 0 Å². The van der Waals surface area contributed by atoms with Gasteiger partial charge in [-0.2, -0.15) is 0 Å². The van der Waals surface area contributed by atoms with Crippen molar-refractivity contribution in [2.45, 2.75) is 96.2 Å². The Morgan fingerprint density at radius 3 is 1.39 bits per heavy atom. The van der Waals surface area contributed by atoms with Gasteiger partial charge in [-0.15, -0.1) is 0 Å². The molecule has 16 nitrogen and oxygen atoms in total. The van der Waals surface area contributed by atoms with Gasteiger partial charge in [0.05, 0.1) is 57.0 Å². The molecule has 1 N–H and O–H groups in total. The normalized spacial score (nSPS) is 11.2. The van der Waals surface area contributed by atoms with Crippen LogP contribution in [-0.4, -0.2) is 80.9 Å². The molecule has 1 unspecified atom stereocenters. The van der Waals surface area contributed by atoms with Crippen molar-refractivity contribution in [1.82, 2.24) is 0 Å². The molecule has 0 aliphatic carbocycles. The first-order chi connectivity index (χ1) is 39.1. The highest BCUT2D eigenvalue weighted by atomic mass is 16.6. The Kier molecular flexibility index (Phi) is 26.1. The van der Waals surface area contributed by atoms with Crippen molar-refractivity contribution in [3.8, 4) is 45.6 Å².